The van der Waals surface area contributed by atoms with Gasteiger partial charge >= 0.3 is 6.09 Å². The van der Waals surface area contributed by atoms with Crippen molar-refractivity contribution in [3.63, 3.8) is 0 Å². The van der Waals surface area contributed by atoms with Crippen molar-refractivity contribution in [3.8, 4) is 5.75 Å². The highest BCUT2D eigenvalue weighted by Gasteiger charge is 2.03. The van der Waals surface area contributed by atoms with E-state index in [0.29, 0.717) is 5.75 Å². The van der Waals surface area contributed by atoms with Crippen LogP contribution in [0, 0.1) is 0 Å². The van der Waals surface area contributed by atoms with Crippen molar-refractivity contribution in [2.45, 2.75) is 0 Å². The van der Waals surface area contributed by atoms with Crippen LogP contribution in [0.15, 0.2) is 28.7 Å². The number of carbonyl (C=O) groups is 1. The molecular weight excluding hydrogens is 222 g/mol. The zero-order chi connectivity index (χ0) is 8.97. The molecule has 64 valence electrons. The lowest BCUT2D eigenvalue weighted by Gasteiger charge is -2.03. The molecule has 0 aliphatic rings. The monoisotopic (exact) mass is 229 g/mol. The number of benzene rings is 1. The van der Waals surface area contributed by atoms with Crippen LogP contribution < -0.4 is 10.1 Å². The first kappa shape index (κ1) is 9.06. The van der Waals surface area contributed by atoms with Crippen molar-refractivity contribution < 1.29 is 9.53 Å². The minimum absolute atomic E-state index is 0.470. The second kappa shape index (κ2) is 4.11. The third kappa shape index (κ3) is 2.23. The van der Waals surface area contributed by atoms with Crippen LogP contribution >= 0.6 is 15.9 Å². The summed E-state index contributed by atoms with van der Waals surface area (Å²) in [6, 6.07) is 7.15. The van der Waals surface area contributed by atoms with Crippen LogP contribution in [0.1, 0.15) is 0 Å². The van der Waals surface area contributed by atoms with Crippen LogP contribution in [0.3, 0.4) is 0 Å². The summed E-state index contributed by atoms with van der Waals surface area (Å²) in [6.07, 6.45) is -0.470. The Hall–Kier alpha value is -1.03. The van der Waals surface area contributed by atoms with Gasteiger partial charge in [-0.05, 0) is 28.1 Å². The molecule has 1 aromatic rings. The van der Waals surface area contributed by atoms with E-state index >= 15 is 0 Å². The minimum atomic E-state index is -0.470. The normalized spacial score (nSPS) is 9.17. The molecule has 1 rings (SSSR count). The van der Waals surface area contributed by atoms with Crippen molar-refractivity contribution in [1.29, 1.82) is 0 Å². The van der Waals surface area contributed by atoms with Crippen LogP contribution in [-0.2, 0) is 0 Å². The van der Waals surface area contributed by atoms with E-state index in [1.807, 2.05) is 6.07 Å². The van der Waals surface area contributed by atoms with Gasteiger partial charge in [0.2, 0.25) is 0 Å². The molecule has 0 heterocycles. The van der Waals surface area contributed by atoms with Crippen molar-refractivity contribution in [1.82, 2.24) is 5.32 Å². The van der Waals surface area contributed by atoms with Crippen LogP contribution in [-0.4, -0.2) is 13.1 Å². The van der Waals surface area contributed by atoms with E-state index in [2.05, 4.69) is 21.2 Å². The number of amides is 1. The number of para-hydroxylation sites is 1. The smallest absolute Gasteiger partial charge is 0.409 e. The lowest BCUT2D eigenvalue weighted by Crippen LogP contribution is -2.22. The maximum Gasteiger partial charge on any atom is 0.412 e. The molecule has 0 fully saturated rings. The first-order valence-electron chi connectivity index (χ1n) is 3.38. The number of rotatable bonds is 1. The van der Waals surface area contributed by atoms with Crippen LogP contribution in [0.5, 0.6) is 5.75 Å². The van der Waals surface area contributed by atoms with E-state index in [1.54, 1.807) is 18.2 Å². The predicted molar refractivity (Wildman–Crippen MR) is 49.2 cm³/mol. The van der Waals surface area contributed by atoms with Gasteiger partial charge in [0.25, 0.3) is 0 Å². The van der Waals surface area contributed by atoms with Gasteiger partial charge in [0.1, 0.15) is 5.75 Å². The first-order valence-corrected chi connectivity index (χ1v) is 4.17. The second-order valence-corrected chi connectivity index (χ2v) is 2.92. The summed E-state index contributed by atoms with van der Waals surface area (Å²) in [7, 11) is 1.51. The maximum atomic E-state index is 10.8. The fraction of sp³-hybridized carbons (Fsp3) is 0.125. The minimum Gasteiger partial charge on any atom is -0.409 e. The molecule has 1 aromatic carbocycles. The van der Waals surface area contributed by atoms with Gasteiger partial charge in [-0.2, -0.15) is 0 Å². The Bertz CT molecular complexity index is 288. The molecule has 0 spiro atoms. The fourth-order valence-corrected chi connectivity index (χ4v) is 1.04. The van der Waals surface area contributed by atoms with Gasteiger partial charge in [-0.15, -0.1) is 0 Å². The third-order valence-corrected chi connectivity index (χ3v) is 1.90. The number of hydrogen-bond acceptors (Lipinski definition) is 2. The largest absolute Gasteiger partial charge is 0.412 e. The molecule has 1 N–H and O–H groups in total. The van der Waals surface area contributed by atoms with Gasteiger partial charge in [0.05, 0.1) is 4.47 Å². The molecule has 0 bridgehead atoms. The van der Waals surface area contributed by atoms with Crippen LogP contribution in [0.2, 0.25) is 0 Å². The average Bonchev–Trinajstić information content (AvgIpc) is 2.09. The summed E-state index contributed by atoms with van der Waals surface area (Å²) in [5, 5.41) is 2.36. The van der Waals surface area contributed by atoms with E-state index in [9.17, 15) is 4.79 Å². The molecule has 0 saturated heterocycles. The Morgan fingerprint density at radius 2 is 2.17 bits per heavy atom. The highest BCUT2D eigenvalue weighted by Crippen LogP contribution is 2.23. The van der Waals surface area contributed by atoms with Crippen molar-refractivity contribution >= 4 is 22.0 Å². The Labute approximate surface area is 78.9 Å². The average molecular weight is 230 g/mol. The van der Waals surface area contributed by atoms with Gasteiger partial charge in [-0.1, -0.05) is 12.1 Å². The molecule has 4 heteroatoms. The zero-order valence-electron chi connectivity index (χ0n) is 6.50. The summed E-state index contributed by atoms with van der Waals surface area (Å²) in [6.45, 7) is 0. The molecule has 3 nitrogen and oxygen atoms in total. The lowest BCUT2D eigenvalue weighted by molar-refractivity contribution is 0.202. The Kier molecular flexibility index (Phi) is 3.10. The third-order valence-electron chi connectivity index (χ3n) is 1.24. The molecule has 0 aliphatic heterocycles. The van der Waals surface area contributed by atoms with Gasteiger partial charge in [0, 0.05) is 7.05 Å². The summed E-state index contributed by atoms with van der Waals surface area (Å²) in [4.78, 5) is 10.8. The standard InChI is InChI=1S/C8H8BrNO2/c1-10-8(11)12-7-5-3-2-4-6(7)9/h2-5H,1H3,(H,10,11). The number of ether oxygens (including phenoxy) is 1. The summed E-state index contributed by atoms with van der Waals surface area (Å²) >= 11 is 3.25. The summed E-state index contributed by atoms with van der Waals surface area (Å²) < 4.78 is 5.66. The number of nitrogens with one attached hydrogen (secondary N) is 1. The SMILES string of the molecule is CNC(=O)Oc1ccccc1Br. The molecule has 0 saturated carbocycles. The van der Waals surface area contributed by atoms with Gasteiger partial charge in [0.15, 0.2) is 0 Å². The predicted octanol–water partition coefficient (Wildman–Crippen LogP) is 2.17. The zero-order valence-corrected chi connectivity index (χ0v) is 8.09. The van der Waals surface area contributed by atoms with Crippen LogP contribution in [0.4, 0.5) is 4.79 Å². The van der Waals surface area contributed by atoms with Gasteiger partial charge < -0.3 is 10.1 Å². The second-order valence-electron chi connectivity index (χ2n) is 2.07. The van der Waals surface area contributed by atoms with E-state index in [1.165, 1.54) is 7.05 Å². The Balaban J connectivity index is 2.75. The number of hydrogen-bond donors (Lipinski definition) is 1. The van der Waals surface area contributed by atoms with E-state index < -0.39 is 6.09 Å². The molecule has 12 heavy (non-hydrogen) atoms. The van der Waals surface area contributed by atoms with Crippen LogP contribution in [0.25, 0.3) is 0 Å². The summed E-state index contributed by atoms with van der Waals surface area (Å²) in [5.41, 5.74) is 0. The lowest BCUT2D eigenvalue weighted by atomic mass is 10.3. The molecule has 0 aromatic heterocycles. The first-order chi connectivity index (χ1) is 5.74. The van der Waals surface area contributed by atoms with E-state index in [0.717, 1.165) is 4.47 Å². The maximum absolute atomic E-state index is 10.8. The molecule has 0 atom stereocenters. The number of carbonyl (C=O) groups excluding carboxylic acids is 1. The fourth-order valence-electron chi connectivity index (χ4n) is 0.678. The molecule has 0 aliphatic carbocycles. The van der Waals surface area contributed by atoms with E-state index in [4.69, 9.17) is 4.74 Å². The molecular formula is C8H8BrNO2. The van der Waals surface area contributed by atoms with Gasteiger partial charge in [-0.25, -0.2) is 4.79 Å². The van der Waals surface area contributed by atoms with Gasteiger partial charge in [-0.3, -0.25) is 0 Å². The van der Waals surface area contributed by atoms with Crippen molar-refractivity contribution in [2.24, 2.45) is 0 Å². The topological polar surface area (TPSA) is 38.3 Å². The van der Waals surface area contributed by atoms with E-state index in [-0.39, 0.29) is 0 Å². The summed E-state index contributed by atoms with van der Waals surface area (Å²) in [5.74, 6) is 0.511. The Morgan fingerprint density at radius 3 is 2.75 bits per heavy atom. The molecule has 0 radical (unpaired) electrons. The molecule has 0 unspecified atom stereocenters. The quantitative estimate of drug-likeness (QED) is 0.802. The number of halogens is 1. The molecule has 1 amide bonds. The van der Waals surface area contributed by atoms with Crippen molar-refractivity contribution in [3.05, 3.63) is 28.7 Å². The Morgan fingerprint density at radius 1 is 1.50 bits per heavy atom. The highest BCUT2D eigenvalue weighted by atomic mass is 79.9. The van der Waals surface area contributed by atoms with Crippen molar-refractivity contribution in [2.75, 3.05) is 7.05 Å². The highest BCUT2D eigenvalue weighted by molar-refractivity contribution is 9.10.